The summed E-state index contributed by atoms with van der Waals surface area (Å²) in [6.45, 7) is 14.9. The van der Waals surface area contributed by atoms with E-state index in [9.17, 15) is 5.11 Å². The number of unbranched alkanes of at least 4 members (excludes halogenated alkanes) is 1. The van der Waals surface area contributed by atoms with Crippen LogP contribution in [0.15, 0.2) is 40.4 Å². The summed E-state index contributed by atoms with van der Waals surface area (Å²) in [6, 6.07) is 9.95. The second kappa shape index (κ2) is 10.3. The van der Waals surface area contributed by atoms with E-state index in [-0.39, 0.29) is 11.2 Å². The molecule has 3 aromatic rings. The summed E-state index contributed by atoms with van der Waals surface area (Å²) >= 11 is 1.69. The number of fused-ring (bicyclic) bond motifs is 1. The Morgan fingerprint density at radius 3 is 2.51 bits per heavy atom. The molecule has 2 aliphatic rings. The summed E-state index contributed by atoms with van der Waals surface area (Å²) in [6.07, 6.45) is 4.73. The first-order valence-electron chi connectivity index (χ1n) is 13.4. The number of anilines is 2. The Morgan fingerprint density at radius 2 is 1.81 bits per heavy atom. The Bertz CT molecular complexity index is 1320. The van der Waals surface area contributed by atoms with E-state index in [4.69, 9.17) is 10.1 Å². The predicted octanol–water partition coefficient (Wildman–Crippen LogP) is 6.32. The van der Waals surface area contributed by atoms with Crippen LogP contribution >= 0.6 is 11.3 Å². The maximum absolute atomic E-state index is 10.8. The van der Waals surface area contributed by atoms with Crippen LogP contribution in [0.4, 0.5) is 15.7 Å². The summed E-state index contributed by atoms with van der Waals surface area (Å²) in [7, 11) is 0. The number of aliphatic imine (C=N–C) groups is 1. The zero-order valence-electron chi connectivity index (χ0n) is 22.5. The van der Waals surface area contributed by atoms with Crippen LogP contribution in [0.1, 0.15) is 66.1 Å². The van der Waals surface area contributed by atoms with Crippen molar-refractivity contribution in [3.63, 3.8) is 0 Å². The SMILES string of the molecule is CCCCN(CC)c1ccc(N=C2C(C(C)(C)C)=Nn3c2nnc3-c2cc(N3CCCC3)ccc2O)s1. The molecule has 5 rings (SSSR count). The molecule has 196 valence electrons. The Balaban J connectivity index is 1.53. The average Bonchev–Trinajstić information content (AvgIpc) is 3.66. The molecular formula is C28H37N7OS. The summed E-state index contributed by atoms with van der Waals surface area (Å²) < 4.78 is 1.75. The van der Waals surface area contributed by atoms with E-state index in [1.54, 1.807) is 22.1 Å². The third-order valence-corrected chi connectivity index (χ3v) is 7.99. The Morgan fingerprint density at radius 1 is 1.05 bits per heavy atom. The van der Waals surface area contributed by atoms with Gasteiger partial charge in [-0.2, -0.15) is 9.78 Å². The highest BCUT2D eigenvalue weighted by Crippen LogP contribution is 2.38. The molecule has 0 aliphatic carbocycles. The molecule has 1 N–H and O–H groups in total. The van der Waals surface area contributed by atoms with Crippen LogP contribution in [0.25, 0.3) is 11.4 Å². The van der Waals surface area contributed by atoms with Crippen molar-refractivity contribution in [1.82, 2.24) is 14.9 Å². The Hall–Kier alpha value is -3.20. The standard InChI is InChI=1S/C28H37N7OS/c1-6-8-15-33(7-2)23-14-13-22(37-23)29-24-25(28(3,4)5)32-35-26(30-31-27(24)35)20-18-19(11-12-21(20)36)34-16-9-10-17-34/h11-14,18,36H,6-10,15-17H2,1-5H3. The summed E-state index contributed by atoms with van der Waals surface area (Å²) in [4.78, 5) is 9.81. The number of nitrogens with zero attached hydrogens (tertiary/aromatic N) is 7. The van der Waals surface area contributed by atoms with Gasteiger partial charge in [0.2, 0.25) is 5.82 Å². The van der Waals surface area contributed by atoms with Gasteiger partial charge in [0.05, 0.1) is 16.3 Å². The molecule has 1 fully saturated rings. The van der Waals surface area contributed by atoms with Gasteiger partial charge in [-0.3, -0.25) is 0 Å². The van der Waals surface area contributed by atoms with Crippen LogP contribution in [0.5, 0.6) is 5.75 Å². The smallest absolute Gasteiger partial charge is 0.205 e. The van der Waals surface area contributed by atoms with Gasteiger partial charge in [0.15, 0.2) is 5.82 Å². The van der Waals surface area contributed by atoms with Crippen LogP contribution in [0.3, 0.4) is 0 Å². The maximum Gasteiger partial charge on any atom is 0.205 e. The topological polar surface area (TPSA) is 82.1 Å². The minimum Gasteiger partial charge on any atom is -0.507 e. The van der Waals surface area contributed by atoms with Crippen LogP contribution in [0.2, 0.25) is 0 Å². The fraction of sp³-hybridized carbons (Fsp3) is 0.500. The van der Waals surface area contributed by atoms with Crippen LogP contribution in [-0.4, -0.2) is 57.6 Å². The zero-order chi connectivity index (χ0) is 26.2. The number of aromatic nitrogens is 3. The maximum atomic E-state index is 10.8. The fourth-order valence-corrected chi connectivity index (χ4v) is 5.83. The lowest BCUT2D eigenvalue weighted by atomic mass is 9.87. The van der Waals surface area contributed by atoms with Gasteiger partial charge in [0.25, 0.3) is 0 Å². The minimum absolute atomic E-state index is 0.172. The molecule has 8 nitrogen and oxygen atoms in total. The van der Waals surface area contributed by atoms with Crippen molar-refractivity contribution in [3.05, 3.63) is 36.2 Å². The Labute approximate surface area is 223 Å². The van der Waals surface area contributed by atoms with E-state index in [2.05, 4.69) is 66.7 Å². The number of phenols is 1. The molecule has 2 aromatic heterocycles. The van der Waals surface area contributed by atoms with Gasteiger partial charge in [0.1, 0.15) is 16.5 Å². The average molecular weight is 520 g/mol. The molecule has 0 spiro atoms. The number of aromatic hydroxyl groups is 1. The molecule has 9 heteroatoms. The highest BCUT2D eigenvalue weighted by molar-refractivity contribution is 7.19. The molecule has 1 saturated heterocycles. The molecule has 2 aliphatic heterocycles. The first-order chi connectivity index (χ1) is 17.8. The largest absolute Gasteiger partial charge is 0.507 e. The zero-order valence-corrected chi connectivity index (χ0v) is 23.3. The summed E-state index contributed by atoms with van der Waals surface area (Å²) in [5.74, 6) is 1.31. The third-order valence-electron chi connectivity index (χ3n) is 6.95. The predicted molar refractivity (Wildman–Crippen MR) is 154 cm³/mol. The number of thiophene rings is 1. The number of rotatable bonds is 8. The molecular weight excluding hydrogens is 482 g/mol. The number of phenolic OH excluding ortho intramolecular Hbond substituents is 1. The molecule has 37 heavy (non-hydrogen) atoms. The first-order valence-corrected chi connectivity index (χ1v) is 14.2. The van der Waals surface area contributed by atoms with Gasteiger partial charge in [-0.05, 0) is 56.5 Å². The van der Waals surface area contributed by atoms with Crippen molar-refractivity contribution in [1.29, 1.82) is 0 Å². The van der Waals surface area contributed by atoms with Gasteiger partial charge >= 0.3 is 0 Å². The van der Waals surface area contributed by atoms with Crippen LogP contribution < -0.4 is 9.80 Å². The second-order valence-corrected chi connectivity index (χ2v) is 11.8. The monoisotopic (exact) mass is 519 g/mol. The van der Waals surface area contributed by atoms with E-state index in [1.807, 2.05) is 12.1 Å². The van der Waals surface area contributed by atoms with E-state index in [0.717, 1.165) is 48.3 Å². The molecule has 1 aromatic carbocycles. The van der Waals surface area contributed by atoms with Gasteiger partial charge in [-0.1, -0.05) is 45.5 Å². The lowest BCUT2D eigenvalue weighted by Crippen LogP contribution is -2.27. The summed E-state index contributed by atoms with van der Waals surface area (Å²) in [5.41, 5.74) is 3.08. The molecule has 4 heterocycles. The highest BCUT2D eigenvalue weighted by Gasteiger charge is 2.36. The van der Waals surface area contributed by atoms with E-state index < -0.39 is 0 Å². The quantitative estimate of drug-likeness (QED) is 0.376. The minimum atomic E-state index is -0.243. The first kappa shape index (κ1) is 25.4. The van der Waals surface area contributed by atoms with Crippen molar-refractivity contribution in [2.24, 2.45) is 15.5 Å². The van der Waals surface area contributed by atoms with Crippen molar-refractivity contribution in [2.45, 2.75) is 60.3 Å². The van der Waals surface area contributed by atoms with E-state index in [1.165, 1.54) is 30.7 Å². The number of hydrogen-bond acceptors (Lipinski definition) is 8. The van der Waals surface area contributed by atoms with Crippen LogP contribution in [-0.2, 0) is 0 Å². The van der Waals surface area contributed by atoms with Crippen molar-refractivity contribution >= 4 is 38.4 Å². The molecule has 0 radical (unpaired) electrons. The fourth-order valence-electron chi connectivity index (χ4n) is 4.86. The Kier molecular flexibility index (Phi) is 7.07. The third kappa shape index (κ3) is 5.01. The molecule has 0 atom stereocenters. The number of hydrogen-bond donors (Lipinski definition) is 1. The molecule has 0 bridgehead atoms. The van der Waals surface area contributed by atoms with Crippen molar-refractivity contribution in [3.8, 4) is 17.1 Å². The normalized spacial score (nSPS) is 16.5. The molecule has 0 saturated carbocycles. The summed E-state index contributed by atoms with van der Waals surface area (Å²) in [5, 5.41) is 26.9. The second-order valence-electron chi connectivity index (χ2n) is 10.8. The molecule has 0 unspecified atom stereocenters. The van der Waals surface area contributed by atoms with Crippen molar-refractivity contribution < 1.29 is 5.11 Å². The molecule has 0 amide bonds. The van der Waals surface area contributed by atoms with Crippen molar-refractivity contribution in [2.75, 3.05) is 36.0 Å². The van der Waals surface area contributed by atoms with Gasteiger partial charge in [-0.25, -0.2) is 4.99 Å². The van der Waals surface area contributed by atoms with E-state index in [0.29, 0.717) is 17.2 Å². The number of benzene rings is 1. The highest BCUT2D eigenvalue weighted by atomic mass is 32.1. The van der Waals surface area contributed by atoms with E-state index >= 15 is 0 Å². The van der Waals surface area contributed by atoms with Gasteiger partial charge in [0, 0.05) is 37.3 Å². The van der Waals surface area contributed by atoms with Crippen LogP contribution in [0, 0.1) is 5.41 Å². The van der Waals surface area contributed by atoms with Gasteiger partial charge < -0.3 is 14.9 Å². The van der Waals surface area contributed by atoms with Gasteiger partial charge in [-0.15, -0.1) is 10.2 Å². The lowest BCUT2D eigenvalue weighted by Gasteiger charge is -2.20. The lowest BCUT2D eigenvalue weighted by molar-refractivity contribution is 0.476.